The predicted molar refractivity (Wildman–Crippen MR) is 139 cm³/mol. The maximum atomic E-state index is 14.3. The lowest BCUT2D eigenvalue weighted by Crippen LogP contribution is -2.66. The quantitative estimate of drug-likeness (QED) is 0.472. The fourth-order valence-corrected chi connectivity index (χ4v) is 9.66. The van der Waals surface area contributed by atoms with Crippen LogP contribution < -0.4 is 15.3 Å². The molecule has 0 saturated carbocycles. The van der Waals surface area contributed by atoms with Gasteiger partial charge in [0.2, 0.25) is 0 Å². The van der Waals surface area contributed by atoms with Gasteiger partial charge in [0.25, 0.3) is 8.32 Å². The van der Waals surface area contributed by atoms with Crippen LogP contribution in [-0.2, 0) is 15.8 Å². The summed E-state index contributed by atoms with van der Waals surface area (Å²) in [6.45, 7) is 12.6. The van der Waals surface area contributed by atoms with Crippen molar-refractivity contribution in [3.8, 4) is 0 Å². The summed E-state index contributed by atoms with van der Waals surface area (Å²) in [7, 11) is -2.72. The molecule has 0 N–H and O–H groups in total. The second kappa shape index (κ2) is 9.98. The molecule has 1 saturated heterocycles. The summed E-state index contributed by atoms with van der Waals surface area (Å²) < 4.78 is 27.3. The lowest BCUT2D eigenvalue weighted by atomic mass is 10.2. The Kier molecular flexibility index (Phi) is 7.21. The van der Waals surface area contributed by atoms with E-state index in [0.717, 1.165) is 11.4 Å². The molecule has 0 amide bonds. The smallest absolute Gasteiger partial charge is 0.261 e. The number of anilines is 1. The van der Waals surface area contributed by atoms with Crippen LogP contribution in [0.1, 0.15) is 40.3 Å². The Morgan fingerprint density at radius 1 is 0.971 bits per heavy atom. The molecule has 0 aliphatic carbocycles. The normalized spacial score (nSPS) is 19.3. The molecule has 4 rings (SSSR count). The van der Waals surface area contributed by atoms with E-state index in [9.17, 15) is 4.39 Å². The van der Waals surface area contributed by atoms with Gasteiger partial charge in [-0.05, 0) is 29.3 Å². The van der Waals surface area contributed by atoms with Gasteiger partial charge >= 0.3 is 0 Å². The fourth-order valence-electron chi connectivity index (χ4n) is 5.15. The molecular formula is C28H35FN2O2Si. The van der Waals surface area contributed by atoms with Crippen LogP contribution >= 0.6 is 0 Å². The van der Waals surface area contributed by atoms with Gasteiger partial charge in [-0.3, -0.25) is 4.98 Å². The number of pyridine rings is 1. The number of ether oxygens (including phenoxy) is 1. The average molecular weight is 479 g/mol. The highest BCUT2D eigenvalue weighted by molar-refractivity contribution is 6.99. The maximum absolute atomic E-state index is 14.3. The minimum Gasteiger partial charge on any atom is -0.401 e. The van der Waals surface area contributed by atoms with E-state index in [1.165, 1.54) is 16.6 Å². The van der Waals surface area contributed by atoms with E-state index >= 15 is 0 Å². The molecule has 1 aromatic heterocycles. The van der Waals surface area contributed by atoms with Gasteiger partial charge in [0.05, 0.1) is 36.4 Å². The number of halogens is 1. The van der Waals surface area contributed by atoms with Crippen LogP contribution in [0, 0.1) is 5.82 Å². The fraction of sp³-hybridized carbons (Fsp3) is 0.393. The van der Waals surface area contributed by atoms with Crippen molar-refractivity contribution in [1.82, 2.24) is 4.98 Å². The SMILES string of the molecule is C[C@@H]1CN(c2cc(F)cnc2CO[Si](c2ccccc2)(c2ccccc2)C(C)(C)C)C[C@H](C)O1. The molecule has 2 atom stereocenters. The van der Waals surface area contributed by atoms with Crippen molar-refractivity contribution in [2.75, 3.05) is 18.0 Å². The summed E-state index contributed by atoms with van der Waals surface area (Å²) in [5.74, 6) is -0.337. The monoisotopic (exact) mass is 478 g/mol. The van der Waals surface area contributed by atoms with E-state index in [0.29, 0.717) is 19.7 Å². The number of morpholine rings is 1. The van der Waals surface area contributed by atoms with E-state index in [1.54, 1.807) is 6.07 Å². The van der Waals surface area contributed by atoms with E-state index in [4.69, 9.17) is 9.16 Å². The molecule has 0 bridgehead atoms. The molecule has 1 aliphatic heterocycles. The van der Waals surface area contributed by atoms with Gasteiger partial charge in [0.15, 0.2) is 0 Å². The third-order valence-corrected chi connectivity index (χ3v) is 11.5. The standard InChI is InChI=1S/C28H35FN2O2Si/c1-21-18-31(19-22(2)33-21)27-16-23(29)17-30-26(27)20-32-34(28(3,4)5,24-12-8-6-9-13-24)25-14-10-7-11-15-25/h6-17,21-22H,18-20H2,1-5H3/t21-,22+. The van der Waals surface area contributed by atoms with E-state index < -0.39 is 8.32 Å². The first-order chi connectivity index (χ1) is 16.2. The van der Waals surface area contributed by atoms with Crippen LogP contribution in [0.4, 0.5) is 10.1 Å². The molecular weight excluding hydrogens is 443 g/mol. The predicted octanol–water partition coefficient (Wildman–Crippen LogP) is 4.91. The molecule has 6 heteroatoms. The Morgan fingerprint density at radius 3 is 2.00 bits per heavy atom. The Morgan fingerprint density at radius 2 is 1.50 bits per heavy atom. The lowest BCUT2D eigenvalue weighted by Gasteiger charge is -2.43. The molecule has 2 heterocycles. The molecule has 1 aliphatic rings. The highest BCUT2D eigenvalue weighted by Crippen LogP contribution is 2.38. The molecule has 3 aromatic rings. The third-order valence-electron chi connectivity index (χ3n) is 6.52. The van der Waals surface area contributed by atoms with Gasteiger partial charge in [-0.2, -0.15) is 0 Å². The highest BCUT2D eigenvalue weighted by atomic mass is 28.4. The van der Waals surface area contributed by atoms with E-state index in [-0.39, 0.29) is 23.1 Å². The first-order valence-electron chi connectivity index (χ1n) is 12.0. The number of rotatable bonds is 6. The molecule has 1 fully saturated rings. The number of nitrogens with zero attached hydrogens (tertiary/aromatic N) is 2. The first-order valence-corrected chi connectivity index (χ1v) is 13.9. The molecule has 0 radical (unpaired) electrons. The number of hydrogen-bond donors (Lipinski definition) is 0. The average Bonchev–Trinajstić information content (AvgIpc) is 2.80. The first kappa shape index (κ1) is 24.6. The zero-order valence-corrected chi connectivity index (χ0v) is 21.8. The number of aromatic nitrogens is 1. The Labute approximate surface area is 203 Å². The lowest BCUT2D eigenvalue weighted by molar-refractivity contribution is -0.00535. The molecule has 4 nitrogen and oxygen atoms in total. The Balaban J connectivity index is 1.76. The summed E-state index contributed by atoms with van der Waals surface area (Å²) in [4.78, 5) is 6.70. The van der Waals surface area contributed by atoms with Crippen LogP contribution in [0.15, 0.2) is 72.9 Å². The molecule has 0 unspecified atom stereocenters. The van der Waals surface area contributed by atoms with Crippen molar-refractivity contribution in [3.05, 3.63) is 84.4 Å². The number of hydrogen-bond acceptors (Lipinski definition) is 4. The van der Waals surface area contributed by atoms with E-state index in [2.05, 4.69) is 79.2 Å². The summed E-state index contributed by atoms with van der Waals surface area (Å²) in [5.41, 5.74) is 1.55. The van der Waals surface area contributed by atoms with Crippen molar-refractivity contribution >= 4 is 24.4 Å². The van der Waals surface area contributed by atoms with E-state index in [1.807, 2.05) is 26.0 Å². The van der Waals surface area contributed by atoms with Gasteiger partial charge < -0.3 is 14.1 Å². The topological polar surface area (TPSA) is 34.6 Å². The van der Waals surface area contributed by atoms with Gasteiger partial charge in [-0.15, -0.1) is 0 Å². The Bertz CT molecular complexity index is 1040. The van der Waals surface area contributed by atoms with Gasteiger partial charge in [-0.1, -0.05) is 81.4 Å². The van der Waals surface area contributed by atoms with Crippen molar-refractivity contribution < 1.29 is 13.6 Å². The number of benzene rings is 2. The van der Waals surface area contributed by atoms with Crippen molar-refractivity contribution in [1.29, 1.82) is 0 Å². The molecule has 0 spiro atoms. The van der Waals surface area contributed by atoms with Crippen molar-refractivity contribution in [2.45, 2.75) is 58.5 Å². The highest BCUT2D eigenvalue weighted by Gasteiger charge is 2.50. The summed E-state index contributed by atoms with van der Waals surface area (Å²) in [5, 5.41) is 2.29. The van der Waals surface area contributed by atoms with Crippen LogP contribution in [-0.4, -0.2) is 38.6 Å². The van der Waals surface area contributed by atoms with Crippen LogP contribution in [0.25, 0.3) is 0 Å². The summed E-state index contributed by atoms with van der Waals surface area (Å²) >= 11 is 0. The zero-order valence-electron chi connectivity index (χ0n) is 20.8. The largest absolute Gasteiger partial charge is 0.401 e. The van der Waals surface area contributed by atoms with Crippen molar-refractivity contribution in [2.24, 2.45) is 0 Å². The van der Waals surface area contributed by atoms with Crippen LogP contribution in [0.2, 0.25) is 5.04 Å². The second-order valence-corrected chi connectivity index (χ2v) is 14.5. The van der Waals surface area contributed by atoms with Crippen molar-refractivity contribution in [3.63, 3.8) is 0 Å². The minimum absolute atomic E-state index is 0.0671. The second-order valence-electron chi connectivity index (χ2n) is 10.2. The molecule has 180 valence electrons. The zero-order chi connectivity index (χ0) is 24.3. The van der Waals surface area contributed by atoms with Gasteiger partial charge in [-0.25, -0.2) is 4.39 Å². The third kappa shape index (κ3) is 4.94. The van der Waals surface area contributed by atoms with Gasteiger partial charge in [0, 0.05) is 19.2 Å². The van der Waals surface area contributed by atoms with Gasteiger partial charge in [0.1, 0.15) is 5.82 Å². The molecule has 34 heavy (non-hydrogen) atoms. The maximum Gasteiger partial charge on any atom is 0.261 e. The Hall–Kier alpha value is -2.54. The minimum atomic E-state index is -2.72. The molecule has 2 aromatic carbocycles. The summed E-state index contributed by atoms with van der Waals surface area (Å²) in [6, 6.07) is 22.7. The summed E-state index contributed by atoms with van der Waals surface area (Å²) in [6.07, 6.45) is 1.43. The van der Waals surface area contributed by atoms with Crippen LogP contribution in [0.3, 0.4) is 0 Å². The van der Waals surface area contributed by atoms with Crippen LogP contribution in [0.5, 0.6) is 0 Å².